The molecule has 0 spiro atoms. The molecule has 0 aliphatic rings. The van der Waals surface area contributed by atoms with Gasteiger partial charge in [-0.1, -0.05) is 30.3 Å². The van der Waals surface area contributed by atoms with Crippen LogP contribution < -0.4 is 16.4 Å². The second-order valence-electron chi connectivity index (χ2n) is 6.53. The lowest BCUT2D eigenvalue weighted by Crippen LogP contribution is -2.18. The molecule has 0 aliphatic heterocycles. The summed E-state index contributed by atoms with van der Waals surface area (Å²) >= 11 is 0. The van der Waals surface area contributed by atoms with E-state index in [9.17, 15) is 9.90 Å². The fourth-order valence-corrected chi connectivity index (χ4v) is 3.39. The molecule has 0 atom stereocenters. The van der Waals surface area contributed by atoms with Gasteiger partial charge in [-0.25, -0.2) is 4.98 Å². The fraction of sp³-hybridized carbons (Fsp3) is 0.0909. The van der Waals surface area contributed by atoms with Crippen molar-refractivity contribution in [2.45, 2.75) is 6.61 Å². The van der Waals surface area contributed by atoms with Crippen LogP contribution in [0.5, 0.6) is 0 Å². The number of hydrogen-bond acceptors (Lipinski definition) is 5. The monoisotopic (exact) mass is 372 g/mol. The van der Waals surface area contributed by atoms with Crippen LogP contribution in [0.25, 0.3) is 21.8 Å². The number of aromatic nitrogens is 1. The number of hydrogen-bond donors (Lipinski definition) is 4. The maximum Gasteiger partial charge on any atom is 0.253 e. The second kappa shape index (κ2) is 7.17. The molecule has 5 N–H and O–H groups in total. The van der Waals surface area contributed by atoms with Gasteiger partial charge in [-0.2, -0.15) is 0 Å². The molecule has 0 fully saturated rings. The van der Waals surface area contributed by atoms with Crippen LogP contribution in [0, 0.1) is 0 Å². The Morgan fingerprint density at radius 2 is 1.86 bits per heavy atom. The first kappa shape index (κ1) is 17.8. The average Bonchev–Trinajstić information content (AvgIpc) is 2.72. The summed E-state index contributed by atoms with van der Waals surface area (Å²) in [5.41, 5.74) is 10.8. The van der Waals surface area contributed by atoms with E-state index in [4.69, 9.17) is 10.7 Å². The number of nitrogens with one attached hydrogen (secondary N) is 2. The highest BCUT2D eigenvalue weighted by Gasteiger charge is 2.15. The molecule has 28 heavy (non-hydrogen) atoms. The minimum Gasteiger partial charge on any atom is -0.399 e. The summed E-state index contributed by atoms with van der Waals surface area (Å²) in [4.78, 5) is 17.1. The maximum atomic E-state index is 12.3. The van der Waals surface area contributed by atoms with E-state index in [1.165, 1.54) is 0 Å². The molecular weight excluding hydrogens is 352 g/mol. The standard InChI is InChI=1S/C22H20N4O2/c1-24-22(28)18-7-4-6-17-20(16-5-2-3-8-19(16)26-21(17)18)25-15-10-13(12-27)9-14(23)11-15/h2-11,27H,12,23H2,1H3,(H,24,28)(H,25,26). The summed E-state index contributed by atoms with van der Waals surface area (Å²) in [7, 11) is 1.60. The van der Waals surface area contributed by atoms with Gasteiger partial charge in [0.1, 0.15) is 0 Å². The number of nitrogen functional groups attached to an aromatic ring is 1. The molecule has 4 aromatic rings. The second-order valence-corrected chi connectivity index (χ2v) is 6.53. The molecule has 0 bridgehead atoms. The van der Waals surface area contributed by atoms with Crippen molar-refractivity contribution in [2.75, 3.05) is 18.1 Å². The fourth-order valence-electron chi connectivity index (χ4n) is 3.39. The zero-order valence-electron chi connectivity index (χ0n) is 15.4. The zero-order chi connectivity index (χ0) is 19.7. The van der Waals surface area contributed by atoms with Gasteiger partial charge in [0.05, 0.1) is 28.9 Å². The Hall–Kier alpha value is -3.64. The summed E-state index contributed by atoms with van der Waals surface area (Å²) in [6.07, 6.45) is 0. The lowest BCUT2D eigenvalue weighted by molar-refractivity contribution is 0.0964. The highest BCUT2D eigenvalue weighted by molar-refractivity contribution is 6.14. The van der Waals surface area contributed by atoms with Crippen molar-refractivity contribution >= 4 is 44.8 Å². The van der Waals surface area contributed by atoms with Gasteiger partial charge < -0.3 is 21.5 Å². The number of carbonyl (C=O) groups excluding carboxylic acids is 1. The Bertz CT molecular complexity index is 1200. The van der Waals surface area contributed by atoms with E-state index >= 15 is 0 Å². The van der Waals surface area contributed by atoms with Gasteiger partial charge in [0.25, 0.3) is 5.91 Å². The third-order valence-electron chi connectivity index (χ3n) is 4.65. The Morgan fingerprint density at radius 1 is 1.07 bits per heavy atom. The molecule has 0 unspecified atom stereocenters. The third-order valence-corrected chi connectivity index (χ3v) is 4.65. The molecule has 3 aromatic carbocycles. The minimum absolute atomic E-state index is 0.0988. The largest absolute Gasteiger partial charge is 0.399 e. The molecule has 0 saturated heterocycles. The van der Waals surface area contributed by atoms with Gasteiger partial charge in [0.2, 0.25) is 0 Å². The molecular formula is C22H20N4O2. The van der Waals surface area contributed by atoms with Gasteiger partial charge in [-0.15, -0.1) is 0 Å². The number of aliphatic hydroxyl groups is 1. The summed E-state index contributed by atoms with van der Waals surface area (Å²) in [5.74, 6) is -0.189. The summed E-state index contributed by atoms with van der Waals surface area (Å²) in [6.45, 7) is -0.0988. The lowest BCUT2D eigenvalue weighted by Gasteiger charge is -2.16. The van der Waals surface area contributed by atoms with Gasteiger partial charge in [0, 0.05) is 29.2 Å². The van der Waals surface area contributed by atoms with Crippen LogP contribution >= 0.6 is 0 Å². The lowest BCUT2D eigenvalue weighted by atomic mass is 10.0. The van der Waals surface area contributed by atoms with Crippen LogP contribution in [-0.4, -0.2) is 23.0 Å². The molecule has 4 rings (SSSR count). The van der Waals surface area contributed by atoms with Gasteiger partial charge >= 0.3 is 0 Å². The Labute approximate surface area is 162 Å². The number of carbonyl (C=O) groups is 1. The van der Waals surface area contributed by atoms with E-state index < -0.39 is 0 Å². The molecule has 0 aliphatic carbocycles. The number of para-hydroxylation sites is 2. The van der Waals surface area contributed by atoms with Gasteiger partial charge in [-0.05, 0) is 35.9 Å². The number of nitrogens with two attached hydrogens (primary N) is 1. The van der Waals surface area contributed by atoms with Crippen LogP contribution in [-0.2, 0) is 6.61 Å². The summed E-state index contributed by atoms with van der Waals surface area (Å²) in [5, 5.41) is 17.3. The van der Waals surface area contributed by atoms with Crippen molar-refractivity contribution in [1.29, 1.82) is 0 Å². The molecule has 6 nitrogen and oxygen atoms in total. The van der Waals surface area contributed by atoms with E-state index in [0.717, 1.165) is 33.2 Å². The number of rotatable bonds is 4. The Balaban J connectivity index is 2.00. The zero-order valence-corrected chi connectivity index (χ0v) is 15.4. The van der Waals surface area contributed by atoms with Gasteiger partial charge in [0.15, 0.2) is 0 Å². The first-order valence-electron chi connectivity index (χ1n) is 8.91. The van der Waals surface area contributed by atoms with Crippen molar-refractivity contribution in [1.82, 2.24) is 10.3 Å². The number of fused-ring (bicyclic) bond motifs is 2. The molecule has 1 aromatic heterocycles. The predicted octanol–water partition coefficient (Wildman–Crippen LogP) is 3.57. The predicted molar refractivity (Wildman–Crippen MR) is 113 cm³/mol. The van der Waals surface area contributed by atoms with Crippen LogP contribution in [0.2, 0.25) is 0 Å². The van der Waals surface area contributed by atoms with Crippen molar-refractivity contribution in [3.05, 3.63) is 71.8 Å². The smallest absolute Gasteiger partial charge is 0.253 e. The highest BCUT2D eigenvalue weighted by atomic mass is 16.3. The van der Waals surface area contributed by atoms with Gasteiger partial charge in [-0.3, -0.25) is 4.79 Å². The average molecular weight is 372 g/mol. The number of anilines is 3. The Kier molecular flexibility index (Phi) is 4.55. The number of aliphatic hydroxyl groups excluding tert-OH is 1. The SMILES string of the molecule is CNC(=O)c1cccc2c(Nc3cc(N)cc(CO)c3)c3ccccc3nc12. The molecule has 6 heteroatoms. The Morgan fingerprint density at radius 3 is 2.64 bits per heavy atom. The van der Waals surface area contributed by atoms with E-state index in [-0.39, 0.29) is 12.5 Å². The van der Waals surface area contributed by atoms with E-state index in [1.54, 1.807) is 19.2 Å². The van der Waals surface area contributed by atoms with Crippen molar-refractivity contribution < 1.29 is 9.90 Å². The first-order valence-corrected chi connectivity index (χ1v) is 8.91. The van der Waals surface area contributed by atoms with Crippen molar-refractivity contribution in [2.24, 2.45) is 0 Å². The van der Waals surface area contributed by atoms with Crippen LogP contribution in [0.4, 0.5) is 17.1 Å². The maximum absolute atomic E-state index is 12.3. The number of nitrogens with zero attached hydrogens (tertiary/aromatic N) is 1. The van der Waals surface area contributed by atoms with Crippen LogP contribution in [0.1, 0.15) is 15.9 Å². The molecule has 140 valence electrons. The summed E-state index contributed by atoms with van der Waals surface area (Å²) < 4.78 is 0. The van der Waals surface area contributed by atoms with E-state index in [1.807, 2.05) is 48.5 Å². The van der Waals surface area contributed by atoms with Crippen molar-refractivity contribution in [3.63, 3.8) is 0 Å². The molecule has 1 heterocycles. The first-order chi connectivity index (χ1) is 13.6. The molecule has 0 saturated carbocycles. The van der Waals surface area contributed by atoms with Crippen LogP contribution in [0.15, 0.2) is 60.7 Å². The topological polar surface area (TPSA) is 100 Å². The quantitative estimate of drug-likeness (QED) is 0.324. The number of pyridine rings is 1. The summed E-state index contributed by atoms with van der Waals surface area (Å²) in [6, 6.07) is 18.7. The minimum atomic E-state index is -0.189. The highest BCUT2D eigenvalue weighted by Crippen LogP contribution is 2.35. The van der Waals surface area contributed by atoms with Crippen LogP contribution in [0.3, 0.4) is 0 Å². The van der Waals surface area contributed by atoms with E-state index in [2.05, 4.69) is 10.6 Å². The normalized spacial score (nSPS) is 10.9. The van der Waals surface area contributed by atoms with E-state index in [0.29, 0.717) is 16.8 Å². The molecule has 0 radical (unpaired) electrons. The number of benzene rings is 3. The third kappa shape index (κ3) is 3.10. The molecule has 1 amide bonds. The van der Waals surface area contributed by atoms with Crippen molar-refractivity contribution in [3.8, 4) is 0 Å². The number of amides is 1.